The highest BCUT2D eigenvalue weighted by atomic mass is 19.1. The molecule has 0 aliphatic heterocycles. The minimum Gasteiger partial charge on any atom is -0.508 e. The molecule has 0 fully saturated rings. The van der Waals surface area contributed by atoms with Crippen LogP contribution in [0.15, 0.2) is 48.5 Å². The highest BCUT2D eigenvalue weighted by Gasteiger charge is 2.16. The second-order valence-electron chi connectivity index (χ2n) is 12.1. The summed E-state index contributed by atoms with van der Waals surface area (Å²) < 4.78 is 48.5. The van der Waals surface area contributed by atoms with Crippen molar-refractivity contribution >= 4 is 12.2 Å². The van der Waals surface area contributed by atoms with Crippen molar-refractivity contribution in [3.63, 3.8) is 0 Å². The Kier molecular flexibility index (Phi) is 23.5. The number of hydrogen-bond donors (Lipinski definition) is 3. The van der Waals surface area contributed by atoms with Gasteiger partial charge in [-0.15, -0.1) is 0 Å². The molecule has 0 saturated carbocycles. The van der Waals surface area contributed by atoms with E-state index >= 15 is 0 Å². The van der Waals surface area contributed by atoms with Crippen molar-refractivity contribution in [1.82, 2.24) is 10.6 Å². The van der Waals surface area contributed by atoms with Gasteiger partial charge in [0.15, 0.2) is 0 Å². The van der Waals surface area contributed by atoms with Crippen LogP contribution in [0.3, 0.4) is 0 Å². The summed E-state index contributed by atoms with van der Waals surface area (Å²) in [7, 11) is 0. The fourth-order valence-electron chi connectivity index (χ4n) is 3.34. The molecule has 268 valence electrons. The van der Waals surface area contributed by atoms with Gasteiger partial charge in [-0.1, -0.05) is 31.2 Å². The third kappa shape index (κ3) is 28.3. The highest BCUT2D eigenvalue weighted by Crippen LogP contribution is 2.13. The molecule has 10 nitrogen and oxygen atoms in total. The molecule has 12 heteroatoms. The minimum absolute atomic E-state index is 0.104. The number of carbonyl (C=O) groups is 2. The number of phenolic OH excluding ortho intramolecular Hbond substituents is 1. The third-order valence-corrected chi connectivity index (χ3v) is 5.31. The number of amides is 2. The number of aromatic hydroxyl groups is 1. The predicted octanol–water partition coefficient (Wildman–Crippen LogP) is 6.96. The van der Waals surface area contributed by atoms with Crippen molar-refractivity contribution < 1.29 is 47.2 Å². The number of halogens is 2. The molecule has 0 spiro atoms. The van der Waals surface area contributed by atoms with E-state index in [1.807, 2.05) is 84.9 Å². The standard InChI is InChI=1S/C17H26FNO4.C13H19NO3.C5H11FO/c1-17(2,3)23-16(20)19-10-8-14-4-6-15(7-5-14)22-13-12-21-11-9-18;1-13(2,3)17-12(16)14-9-8-10-4-6-11(15)7-5-10;1-2-4-7-5-3-6/h4-7H,8-13H2,1-3H3,(H,19,20);4-7,15H,8-9H2,1-3H3,(H,14,16);2-5H2,1H3. The number of ether oxygens (including phenoxy) is 5. The maximum atomic E-state index is 11.8. The molecule has 3 N–H and O–H groups in total. The van der Waals surface area contributed by atoms with Gasteiger partial charge in [-0.25, -0.2) is 18.4 Å². The van der Waals surface area contributed by atoms with Crippen LogP contribution in [-0.2, 0) is 31.8 Å². The summed E-state index contributed by atoms with van der Waals surface area (Å²) in [5, 5.41) is 14.5. The molecule has 2 rings (SSSR count). The molecule has 2 amide bonds. The summed E-state index contributed by atoms with van der Waals surface area (Å²) in [5.74, 6) is 0.978. The van der Waals surface area contributed by atoms with Crippen LogP contribution in [0.5, 0.6) is 11.5 Å². The lowest BCUT2D eigenvalue weighted by molar-refractivity contribution is 0.0517. The van der Waals surface area contributed by atoms with E-state index in [9.17, 15) is 18.4 Å². The summed E-state index contributed by atoms with van der Waals surface area (Å²) in [5.41, 5.74) is 1.18. The molecule has 0 radical (unpaired) electrons. The summed E-state index contributed by atoms with van der Waals surface area (Å²) in [6.45, 7) is 14.9. The Morgan fingerprint density at radius 2 is 1.09 bits per heavy atom. The van der Waals surface area contributed by atoms with Crippen LogP contribution in [0.25, 0.3) is 0 Å². The quantitative estimate of drug-likeness (QED) is 0.164. The molecule has 0 bridgehead atoms. The van der Waals surface area contributed by atoms with E-state index in [1.165, 1.54) is 0 Å². The first kappa shape index (κ1) is 43.4. The van der Waals surface area contributed by atoms with E-state index in [4.69, 9.17) is 28.8 Å². The molecular weight excluding hydrogens is 614 g/mol. The summed E-state index contributed by atoms with van der Waals surface area (Å²) in [6.07, 6.45) is 1.57. The number of rotatable bonds is 16. The Labute approximate surface area is 279 Å². The van der Waals surface area contributed by atoms with Crippen LogP contribution in [0.4, 0.5) is 18.4 Å². The number of carbonyl (C=O) groups excluding carboxylic acids is 2. The Morgan fingerprint density at radius 1 is 0.660 bits per heavy atom. The predicted molar refractivity (Wildman–Crippen MR) is 180 cm³/mol. The second-order valence-corrected chi connectivity index (χ2v) is 12.1. The van der Waals surface area contributed by atoms with Gasteiger partial charge in [-0.2, -0.15) is 0 Å². The first-order chi connectivity index (χ1) is 22.2. The van der Waals surface area contributed by atoms with Gasteiger partial charge >= 0.3 is 12.2 Å². The number of alkyl carbamates (subject to hydrolysis) is 2. The maximum Gasteiger partial charge on any atom is 0.407 e. The fourth-order valence-corrected chi connectivity index (χ4v) is 3.34. The van der Waals surface area contributed by atoms with Crippen LogP contribution in [0, 0.1) is 0 Å². The van der Waals surface area contributed by atoms with E-state index in [-0.39, 0.29) is 25.6 Å². The zero-order chi connectivity index (χ0) is 35.6. The molecule has 0 atom stereocenters. The largest absolute Gasteiger partial charge is 0.508 e. The minimum atomic E-state index is -0.489. The van der Waals surface area contributed by atoms with Crippen LogP contribution < -0.4 is 15.4 Å². The Hall–Kier alpha value is -3.64. The first-order valence-corrected chi connectivity index (χ1v) is 15.9. The summed E-state index contributed by atoms with van der Waals surface area (Å²) in [4.78, 5) is 22.8. The summed E-state index contributed by atoms with van der Waals surface area (Å²) in [6, 6.07) is 14.5. The van der Waals surface area contributed by atoms with Gasteiger partial charge in [-0.05, 0) is 96.2 Å². The van der Waals surface area contributed by atoms with Gasteiger partial charge < -0.3 is 39.4 Å². The molecule has 0 aliphatic rings. The lowest BCUT2D eigenvalue weighted by Crippen LogP contribution is -2.33. The smallest absolute Gasteiger partial charge is 0.407 e. The van der Waals surface area contributed by atoms with Crippen molar-refractivity contribution in [2.75, 3.05) is 59.5 Å². The van der Waals surface area contributed by atoms with Crippen molar-refractivity contribution in [3.05, 3.63) is 59.7 Å². The molecular formula is C35H56F2N2O8. The van der Waals surface area contributed by atoms with Gasteiger partial charge in [0.25, 0.3) is 0 Å². The molecule has 0 aromatic heterocycles. The Morgan fingerprint density at radius 3 is 1.49 bits per heavy atom. The van der Waals surface area contributed by atoms with Gasteiger partial charge in [0.05, 0.1) is 19.8 Å². The Bertz CT molecular complexity index is 1070. The number of alkyl halides is 2. The number of nitrogens with one attached hydrogen (secondary N) is 2. The van der Waals surface area contributed by atoms with Gasteiger partial charge in [0.1, 0.15) is 42.7 Å². The molecule has 0 saturated heterocycles. The van der Waals surface area contributed by atoms with Crippen molar-refractivity contribution in [3.8, 4) is 11.5 Å². The molecule has 0 heterocycles. The maximum absolute atomic E-state index is 11.8. The number of benzene rings is 2. The van der Waals surface area contributed by atoms with E-state index in [0.29, 0.717) is 45.8 Å². The average molecular weight is 671 g/mol. The van der Waals surface area contributed by atoms with Gasteiger partial charge in [-0.3, -0.25) is 0 Å². The normalized spacial score (nSPS) is 10.8. The third-order valence-electron chi connectivity index (χ3n) is 5.31. The van der Waals surface area contributed by atoms with E-state index in [0.717, 1.165) is 23.3 Å². The molecule has 2 aromatic carbocycles. The van der Waals surface area contributed by atoms with Crippen molar-refractivity contribution in [2.24, 2.45) is 0 Å². The van der Waals surface area contributed by atoms with Crippen LogP contribution in [0.1, 0.15) is 66.0 Å². The van der Waals surface area contributed by atoms with Crippen LogP contribution in [0.2, 0.25) is 0 Å². The van der Waals surface area contributed by atoms with E-state index < -0.39 is 30.1 Å². The average Bonchev–Trinajstić information content (AvgIpc) is 2.98. The first-order valence-electron chi connectivity index (χ1n) is 15.9. The number of hydrogen-bond acceptors (Lipinski definition) is 8. The molecule has 0 aliphatic carbocycles. The monoisotopic (exact) mass is 670 g/mol. The van der Waals surface area contributed by atoms with Crippen LogP contribution >= 0.6 is 0 Å². The fraction of sp³-hybridized carbons (Fsp3) is 0.600. The van der Waals surface area contributed by atoms with Crippen molar-refractivity contribution in [1.29, 1.82) is 0 Å². The summed E-state index contributed by atoms with van der Waals surface area (Å²) >= 11 is 0. The number of phenols is 1. The van der Waals surface area contributed by atoms with Gasteiger partial charge in [0.2, 0.25) is 0 Å². The molecule has 47 heavy (non-hydrogen) atoms. The van der Waals surface area contributed by atoms with Crippen molar-refractivity contribution in [2.45, 2.75) is 78.9 Å². The van der Waals surface area contributed by atoms with E-state index in [2.05, 4.69) is 10.6 Å². The van der Waals surface area contributed by atoms with Gasteiger partial charge in [0, 0.05) is 19.7 Å². The topological polar surface area (TPSA) is 125 Å². The zero-order valence-corrected chi connectivity index (χ0v) is 29.2. The van der Waals surface area contributed by atoms with E-state index in [1.54, 1.807) is 12.1 Å². The zero-order valence-electron chi connectivity index (χ0n) is 29.2. The Balaban J connectivity index is 0.000000770. The lowest BCUT2D eigenvalue weighted by Gasteiger charge is -2.19. The molecule has 0 unspecified atom stereocenters. The van der Waals surface area contributed by atoms with Crippen LogP contribution in [-0.4, -0.2) is 88.0 Å². The second kappa shape index (κ2) is 25.4. The lowest BCUT2D eigenvalue weighted by atomic mass is 10.1. The SMILES string of the molecule is CC(C)(C)OC(=O)NCCc1ccc(O)cc1.CC(C)(C)OC(=O)NCCc1ccc(OCCOCCF)cc1.CCCOCCF. The molecule has 2 aromatic rings. The highest BCUT2D eigenvalue weighted by molar-refractivity contribution is 5.68.